The summed E-state index contributed by atoms with van der Waals surface area (Å²) in [7, 11) is 0. The lowest BCUT2D eigenvalue weighted by atomic mass is 10.1. The number of benzene rings is 2. The molecule has 0 amide bonds. The maximum absolute atomic E-state index is 9.21. The molecule has 0 spiro atoms. The number of nitrogens with zero attached hydrogens (tertiary/aromatic N) is 1. The molecule has 2 nitrogen and oxygen atoms in total. The molecule has 0 aliphatic rings. The summed E-state index contributed by atoms with van der Waals surface area (Å²) in [6.07, 6.45) is 3.50. The van der Waals surface area contributed by atoms with Gasteiger partial charge in [0.2, 0.25) is 0 Å². The molecule has 0 saturated heterocycles. The number of hydrogen-bond donors (Lipinski definition) is 0. The highest BCUT2D eigenvalue weighted by Crippen LogP contribution is 2.27. The predicted molar refractivity (Wildman–Crippen MR) is 88.9 cm³/mol. The van der Waals surface area contributed by atoms with Gasteiger partial charge >= 0.3 is 0 Å². The monoisotopic (exact) mass is 343 g/mol. The Morgan fingerprint density at radius 1 is 1.10 bits per heavy atom. The Labute approximate surface area is 134 Å². The molecular weight excluding hydrogens is 326 g/mol. The van der Waals surface area contributed by atoms with Gasteiger partial charge in [0.1, 0.15) is 17.6 Å². The number of unbranched alkanes of at least 4 members (excludes halogenated alkanes) is 1. The summed E-state index contributed by atoms with van der Waals surface area (Å²) in [6, 6.07) is 15.9. The van der Waals surface area contributed by atoms with Gasteiger partial charge < -0.3 is 4.74 Å². The van der Waals surface area contributed by atoms with Gasteiger partial charge in [-0.05, 0) is 48.2 Å². The molecule has 0 atom stereocenters. The van der Waals surface area contributed by atoms with E-state index in [0.717, 1.165) is 23.1 Å². The van der Waals surface area contributed by atoms with Gasteiger partial charge in [0.15, 0.2) is 0 Å². The standard InChI is InChI=1S/C18H18BrNO/c1-2-3-4-14-5-8-17(9-6-14)21-18-10-7-15(12-19)11-16(18)13-20/h5-11H,2-4,12H2,1H3. The molecule has 0 aromatic heterocycles. The van der Waals surface area contributed by atoms with Gasteiger partial charge in [0.25, 0.3) is 0 Å². The first-order chi connectivity index (χ1) is 10.3. The normalized spacial score (nSPS) is 10.1. The van der Waals surface area contributed by atoms with Crippen molar-refractivity contribution in [1.82, 2.24) is 0 Å². The highest BCUT2D eigenvalue weighted by atomic mass is 79.9. The lowest BCUT2D eigenvalue weighted by Crippen LogP contribution is -1.91. The Balaban J connectivity index is 2.13. The summed E-state index contributed by atoms with van der Waals surface area (Å²) in [4.78, 5) is 0. The van der Waals surface area contributed by atoms with Crippen LogP contribution in [0.2, 0.25) is 0 Å². The molecule has 0 N–H and O–H groups in total. The van der Waals surface area contributed by atoms with E-state index < -0.39 is 0 Å². The maximum Gasteiger partial charge on any atom is 0.145 e. The summed E-state index contributed by atoms with van der Waals surface area (Å²) in [6.45, 7) is 2.19. The van der Waals surface area contributed by atoms with Crippen LogP contribution in [0.5, 0.6) is 11.5 Å². The summed E-state index contributed by atoms with van der Waals surface area (Å²) in [5.74, 6) is 1.36. The zero-order valence-electron chi connectivity index (χ0n) is 12.1. The van der Waals surface area contributed by atoms with Crippen LogP contribution in [0.1, 0.15) is 36.5 Å². The minimum absolute atomic E-state index is 0.557. The van der Waals surface area contributed by atoms with E-state index in [1.54, 1.807) is 0 Å². The maximum atomic E-state index is 9.21. The molecule has 3 heteroatoms. The van der Waals surface area contributed by atoms with Gasteiger partial charge in [-0.1, -0.05) is 47.5 Å². The van der Waals surface area contributed by atoms with Crippen molar-refractivity contribution in [3.05, 3.63) is 59.2 Å². The van der Waals surface area contributed by atoms with Crippen LogP contribution in [0, 0.1) is 11.3 Å². The van der Waals surface area contributed by atoms with Gasteiger partial charge in [-0.25, -0.2) is 0 Å². The molecule has 0 bridgehead atoms. The first-order valence-corrected chi connectivity index (χ1v) is 8.24. The van der Waals surface area contributed by atoms with Crippen molar-refractivity contribution in [2.24, 2.45) is 0 Å². The summed E-state index contributed by atoms with van der Waals surface area (Å²) in [5, 5.41) is 9.94. The first kappa shape index (κ1) is 15.6. The molecule has 2 aromatic carbocycles. The molecule has 21 heavy (non-hydrogen) atoms. The Hall–Kier alpha value is -1.79. The fraction of sp³-hybridized carbons (Fsp3) is 0.278. The Morgan fingerprint density at radius 2 is 1.81 bits per heavy atom. The summed E-state index contributed by atoms with van der Waals surface area (Å²) < 4.78 is 5.82. The van der Waals surface area contributed by atoms with E-state index in [1.807, 2.05) is 30.3 Å². The molecule has 0 unspecified atom stereocenters. The van der Waals surface area contributed by atoms with Crippen LogP contribution >= 0.6 is 15.9 Å². The van der Waals surface area contributed by atoms with Crippen molar-refractivity contribution in [3.8, 4) is 17.6 Å². The molecule has 2 rings (SSSR count). The quantitative estimate of drug-likeness (QED) is 0.640. The third kappa shape index (κ3) is 4.34. The number of halogens is 1. The van der Waals surface area contributed by atoms with Crippen LogP contribution in [-0.2, 0) is 11.8 Å². The largest absolute Gasteiger partial charge is 0.456 e. The summed E-state index contributed by atoms with van der Waals surface area (Å²) >= 11 is 3.39. The topological polar surface area (TPSA) is 33.0 Å². The van der Waals surface area contributed by atoms with Gasteiger partial charge in [0, 0.05) is 5.33 Å². The van der Waals surface area contributed by atoms with Crippen molar-refractivity contribution in [3.63, 3.8) is 0 Å². The predicted octanol–water partition coefficient (Wildman–Crippen LogP) is 5.59. The zero-order valence-corrected chi connectivity index (χ0v) is 13.7. The van der Waals surface area contributed by atoms with Gasteiger partial charge in [0.05, 0.1) is 5.56 Å². The lowest BCUT2D eigenvalue weighted by molar-refractivity contribution is 0.480. The number of rotatable bonds is 6. The van der Waals surface area contributed by atoms with E-state index in [9.17, 15) is 5.26 Å². The SMILES string of the molecule is CCCCc1ccc(Oc2ccc(CBr)cc2C#N)cc1. The second-order valence-electron chi connectivity index (χ2n) is 4.93. The summed E-state index contributed by atoms with van der Waals surface area (Å²) in [5.41, 5.74) is 2.94. The van der Waals surface area contributed by atoms with Crippen LogP contribution in [0.15, 0.2) is 42.5 Å². The molecule has 0 aliphatic carbocycles. The molecule has 0 heterocycles. The minimum atomic E-state index is 0.557. The van der Waals surface area contributed by atoms with Crippen LogP contribution in [0.4, 0.5) is 0 Å². The fourth-order valence-electron chi connectivity index (χ4n) is 2.07. The third-order valence-corrected chi connectivity index (χ3v) is 3.94. The highest BCUT2D eigenvalue weighted by molar-refractivity contribution is 9.08. The number of hydrogen-bond acceptors (Lipinski definition) is 2. The van der Waals surface area contributed by atoms with E-state index in [4.69, 9.17) is 4.74 Å². The third-order valence-electron chi connectivity index (χ3n) is 3.29. The second-order valence-corrected chi connectivity index (χ2v) is 5.49. The second kappa shape index (κ2) is 7.85. The molecule has 0 aliphatic heterocycles. The lowest BCUT2D eigenvalue weighted by Gasteiger charge is -2.09. The Bertz CT molecular complexity index is 629. The van der Waals surface area contributed by atoms with Crippen LogP contribution in [0.3, 0.4) is 0 Å². The Morgan fingerprint density at radius 3 is 2.43 bits per heavy atom. The van der Waals surface area contributed by atoms with Crippen LogP contribution < -0.4 is 4.74 Å². The van der Waals surface area contributed by atoms with Crippen LogP contribution in [0.25, 0.3) is 0 Å². The molecule has 108 valence electrons. The van der Waals surface area contributed by atoms with E-state index >= 15 is 0 Å². The van der Waals surface area contributed by atoms with E-state index in [-0.39, 0.29) is 0 Å². The average molecular weight is 344 g/mol. The van der Waals surface area contributed by atoms with Gasteiger partial charge in [-0.15, -0.1) is 0 Å². The number of alkyl halides is 1. The Kier molecular flexibility index (Phi) is 5.83. The fourth-order valence-corrected chi connectivity index (χ4v) is 2.42. The van der Waals surface area contributed by atoms with Gasteiger partial charge in [-0.2, -0.15) is 5.26 Å². The smallest absolute Gasteiger partial charge is 0.145 e. The number of nitriles is 1. The molecule has 2 aromatic rings. The number of ether oxygens (including phenoxy) is 1. The van der Waals surface area contributed by atoms with Crippen molar-refractivity contribution < 1.29 is 4.74 Å². The minimum Gasteiger partial charge on any atom is -0.456 e. The van der Waals surface area contributed by atoms with Gasteiger partial charge in [-0.3, -0.25) is 0 Å². The van der Waals surface area contributed by atoms with Crippen molar-refractivity contribution in [2.45, 2.75) is 31.5 Å². The zero-order chi connectivity index (χ0) is 15.1. The van der Waals surface area contributed by atoms with E-state index in [1.165, 1.54) is 18.4 Å². The number of aryl methyl sites for hydroxylation is 1. The van der Waals surface area contributed by atoms with Crippen molar-refractivity contribution in [1.29, 1.82) is 5.26 Å². The van der Waals surface area contributed by atoms with Crippen molar-refractivity contribution >= 4 is 15.9 Å². The molecular formula is C18H18BrNO. The average Bonchev–Trinajstić information content (AvgIpc) is 2.54. The van der Waals surface area contributed by atoms with E-state index in [2.05, 4.69) is 41.1 Å². The highest BCUT2D eigenvalue weighted by Gasteiger charge is 2.06. The molecule has 0 saturated carbocycles. The molecule has 0 fully saturated rings. The van der Waals surface area contributed by atoms with E-state index in [0.29, 0.717) is 11.3 Å². The van der Waals surface area contributed by atoms with Crippen molar-refractivity contribution in [2.75, 3.05) is 0 Å². The first-order valence-electron chi connectivity index (χ1n) is 7.12. The molecule has 0 radical (unpaired) electrons. The van der Waals surface area contributed by atoms with Crippen LogP contribution in [-0.4, -0.2) is 0 Å².